The number of furan rings is 1. The summed E-state index contributed by atoms with van der Waals surface area (Å²) in [6.07, 6.45) is 1.48. The van der Waals surface area contributed by atoms with E-state index >= 15 is 0 Å². The van der Waals surface area contributed by atoms with Crippen molar-refractivity contribution in [2.45, 2.75) is 45.5 Å². The molecule has 2 atom stereocenters. The van der Waals surface area contributed by atoms with Crippen LogP contribution in [-0.2, 0) is 20.9 Å². The topological polar surface area (TPSA) is 68.9 Å². The highest BCUT2D eigenvalue weighted by Crippen LogP contribution is 2.07. The minimum Gasteiger partial charge on any atom is -0.466 e. The van der Waals surface area contributed by atoms with E-state index in [1.807, 2.05) is 6.92 Å². The maximum Gasteiger partial charge on any atom is 0.338 e. The van der Waals surface area contributed by atoms with Crippen LogP contribution in [-0.4, -0.2) is 29.9 Å². The van der Waals surface area contributed by atoms with E-state index in [4.69, 9.17) is 13.9 Å². The zero-order chi connectivity index (χ0) is 13.4. The number of carbonyl (C=O) groups excluding carboxylic acids is 1. The normalized spacial score (nSPS) is 14.2. The lowest BCUT2D eigenvalue weighted by Crippen LogP contribution is -2.36. The number of rotatable bonds is 8. The molecule has 5 heteroatoms. The fourth-order valence-corrected chi connectivity index (χ4v) is 1.38. The van der Waals surface area contributed by atoms with Gasteiger partial charge in [0.25, 0.3) is 0 Å². The van der Waals surface area contributed by atoms with Crippen LogP contribution < -0.4 is 0 Å². The highest BCUT2D eigenvalue weighted by molar-refractivity contribution is 5.75. The molecule has 0 saturated heterocycles. The summed E-state index contributed by atoms with van der Waals surface area (Å²) in [5, 5.41) is 9.49. The second-order valence-electron chi connectivity index (χ2n) is 4.07. The van der Waals surface area contributed by atoms with Crippen LogP contribution in [0.3, 0.4) is 0 Å². The molecule has 1 rings (SSSR count). The SMILES string of the molecule is CCCCOC(C(=O)OCc1ccco1)C(C)O. The summed E-state index contributed by atoms with van der Waals surface area (Å²) in [4.78, 5) is 11.7. The van der Waals surface area contributed by atoms with Gasteiger partial charge in [0, 0.05) is 6.61 Å². The number of esters is 1. The Balaban J connectivity index is 2.39. The van der Waals surface area contributed by atoms with Crippen LogP contribution in [0.25, 0.3) is 0 Å². The number of hydrogen-bond acceptors (Lipinski definition) is 5. The average Bonchev–Trinajstić information content (AvgIpc) is 2.84. The van der Waals surface area contributed by atoms with E-state index in [0.717, 1.165) is 12.8 Å². The third-order valence-electron chi connectivity index (χ3n) is 2.40. The van der Waals surface area contributed by atoms with Crippen LogP contribution in [0.2, 0.25) is 0 Å². The number of aliphatic hydroxyl groups is 1. The molecule has 0 aliphatic rings. The molecule has 1 heterocycles. The Kier molecular flexibility index (Phi) is 6.46. The largest absolute Gasteiger partial charge is 0.466 e. The fourth-order valence-electron chi connectivity index (χ4n) is 1.38. The van der Waals surface area contributed by atoms with E-state index in [9.17, 15) is 9.90 Å². The first-order chi connectivity index (χ1) is 8.65. The van der Waals surface area contributed by atoms with Gasteiger partial charge in [-0.15, -0.1) is 0 Å². The molecule has 0 bridgehead atoms. The monoisotopic (exact) mass is 256 g/mol. The second-order valence-corrected chi connectivity index (χ2v) is 4.07. The van der Waals surface area contributed by atoms with Gasteiger partial charge in [-0.2, -0.15) is 0 Å². The summed E-state index contributed by atoms with van der Waals surface area (Å²) >= 11 is 0. The van der Waals surface area contributed by atoms with Crippen LogP contribution in [0.4, 0.5) is 0 Å². The summed E-state index contributed by atoms with van der Waals surface area (Å²) < 4.78 is 15.4. The predicted molar refractivity (Wildman–Crippen MR) is 64.8 cm³/mol. The molecule has 2 unspecified atom stereocenters. The van der Waals surface area contributed by atoms with Gasteiger partial charge in [0.05, 0.1) is 12.4 Å². The van der Waals surface area contributed by atoms with E-state index in [1.165, 1.54) is 13.2 Å². The third kappa shape index (κ3) is 4.89. The first-order valence-electron chi connectivity index (χ1n) is 6.13. The van der Waals surface area contributed by atoms with Crippen molar-refractivity contribution in [3.63, 3.8) is 0 Å². The lowest BCUT2D eigenvalue weighted by atomic mass is 10.2. The zero-order valence-electron chi connectivity index (χ0n) is 10.8. The molecule has 1 aromatic heterocycles. The summed E-state index contributed by atoms with van der Waals surface area (Å²) in [6, 6.07) is 3.43. The Labute approximate surface area is 107 Å². The number of carbonyl (C=O) groups is 1. The van der Waals surface area contributed by atoms with Crippen molar-refractivity contribution in [3.8, 4) is 0 Å². The molecular formula is C13H20O5. The first-order valence-corrected chi connectivity index (χ1v) is 6.13. The lowest BCUT2D eigenvalue weighted by Gasteiger charge is -2.18. The summed E-state index contributed by atoms with van der Waals surface area (Å²) in [5.74, 6) is -0.0150. The standard InChI is InChI=1S/C13H20O5/c1-3-4-7-17-12(10(2)14)13(15)18-9-11-6-5-8-16-11/h5-6,8,10,12,14H,3-4,7,9H2,1-2H3. The van der Waals surface area contributed by atoms with Gasteiger partial charge in [0.15, 0.2) is 6.10 Å². The lowest BCUT2D eigenvalue weighted by molar-refractivity contribution is -0.166. The van der Waals surface area contributed by atoms with Gasteiger partial charge in [-0.3, -0.25) is 0 Å². The van der Waals surface area contributed by atoms with Gasteiger partial charge < -0.3 is 19.0 Å². The van der Waals surface area contributed by atoms with Crippen molar-refractivity contribution in [2.24, 2.45) is 0 Å². The molecule has 0 aliphatic carbocycles. The highest BCUT2D eigenvalue weighted by Gasteiger charge is 2.26. The van der Waals surface area contributed by atoms with Gasteiger partial charge in [0.1, 0.15) is 12.4 Å². The number of unbranched alkanes of at least 4 members (excludes halogenated alkanes) is 1. The van der Waals surface area contributed by atoms with E-state index in [2.05, 4.69) is 0 Å². The molecule has 18 heavy (non-hydrogen) atoms. The fraction of sp³-hybridized carbons (Fsp3) is 0.615. The summed E-state index contributed by atoms with van der Waals surface area (Å²) in [5.41, 5.74) is 0. The quantitative estimate of drug-likeness (QED) is 0.568. The Morgan fingerprint density at radius 2 is 2.33 bits per heavy atom. The van der Waals surface area contributed by atoms with Crippen molar-refractivity contribution < 1.29 is 23.8 Å². The van der Waals surface area contributed by atoms with Crippen LogP contribution in [0.5, 0.6) is 0 Å². The minimum atomic E-state index is -0.938. The van der Waals surface area contributed by atoms with Crippen molar-refractivity contribution >= 4 is 5.97 Å². The summed E-state index contributed by atoms with van der Waals surface area (Å²) in [7, 11) is 0. The maximum atomic E-state index is 11.7. The van der Waals surface area contributed by atoms with Gasteiger partial charge >= 0.3 is 5.97 Å². The van der Waals surface area contributed by atoms with Gasteiger partial charge in [-0.05, 0) is 25.5 Å². The van der Waals surface area contributed by atoms with Crippen molar-refractivity contribution in [2.75, 3.05) is 6.61 Å². The Hall–Kier alpha value is -1.33. The smallest absolute Gasteiger partial charge is 0.338 e. The van der Waals surface area contributed by atoms with Crippen molar-refractivity contribution in [3.05, 3.63) is 24.2 Å². The molecule has 0 saturated carbocycles. The highest BCUT2D eigenvalue weighted by atomic mass is 16.6. The van der Waals surface area contributed by atoms with Gasteiger partial charge in [0.2, 0.25) is 0 Å². The number of aliphatic hydroxyl groups excluding tert-OH is 1. The van der Waals surface area contributed by atoms with E-state index in [1.54, 1.807) is 12.1 Å². The van der Waals surface area contributed by atoms with Crippen LogP contribution >= 0.6 is 0 Å². The minimum absolute atomic E-state index is 0.0478. The predicted octanol–water partition coefficient (Wildman–Crippen LogP) is 1.89. The first kappa shape index (κ1) is 14.7. The van der Waals surface area contributed by atoms with E-state index in [-0.39, 0.29) is 6.61 Å². The van der Waals surface area contributed by atoms with Gasteiger partial charge in [-0.1, -0.05) is 13.3 Å². The third-order valence-corrected chi connectivity index (χ3v) is 2.40. The average molecular weight is 256 g/mol. The second kappa shape index (κ2) is 7.89. The van der Waals surface area contributed by atoms with Crippen LogP contribution in [0.1, 0.15) is 32.4 Å². The van der Waals surface area contributed by atoms with Crippen LogP contribution in [0.15, 0.2) is 22.8 Å². The Bertz CT molecular complexity index is 331. The molecule has 0 radical (unpaired) electrons. The molecule has 0 fully saturated rings. The molecule has 1 N–H and O–H groups in total. The van der Waals surface area contributed by atoms with Gasteiger partial charge in [-0.25, -0.2) is 4.79 Å². The summed E-state index contributed by atoms with van der Waals surface area (Å²) in [6.45, 7) is 4.01. The number of ether oxygens (including phenoxy) is 2. The van der Waals surface area contributed by atoms with Crippen molar-refractivity contribution in [1.29, 1.82) is 0 Å². The Morgan fingerprint density at radius 1 is 1.56 bits per heavy atom. The zero-order valence-corrected chi connectivity index (χ0v) is 10.8. The molecule has 5 nitrogen and oxygen atoms in total. The van der Waals surface area contributed by atoms with E-state index in [0.29, 0.717) is 12.4 Å². The molecule has 102 valence electrons. The van der Waals surface area contributed by atoms with Crippen molar-refractivity contribution in [1.82, 2.24) is 0 Å². The van der Waals surface area contributed by atoms with Crippen LogP contribution in [0, 0.1) is 0 Å². The maximum absolute atomic E-state index is 11.7. The molecule has 0 aromatic carbocycles. The Morgan fingerprint density at radius 3 is 2.89 bits per heavy atom. The molecule has 1 aromatic rings. The molecule has 0 aliphatic heterocycles. The molecule has 0 amide bonds. The number of hydrogen-bond donors (Lipinski definition) is 1. The molecular weight excluding hydrogens is 236 g/mol. The van der Waals surface area contributed by atoms with E-state index < -0.39 is 18.2 Å². The molecule has 0 spiro atoms.